The first kappa shape index (κ1) is 15.0. The predicted molar refractivity (Wildman–Crippen MR) is 77.6 cm³/mol. The standard InChI is InChI=1S/C15H10ClFN2O2/c16-12-9-11(3-4-13(12)17)15(21)19-14-8-10(2-1-7-20)5-6-18-14/h3-6,8-9,20H,7H2,(H,18,19,21). The minimum absolute atomic E-state index is 0.127. The first-order chi connectivity index (χ1) is 10.1. The van der Waals surface area contributed by atoms with E-state index in [1.165, 1.54) is 18.3 Å². The third kappa shape index (κ3) is 4.02. The summed E-state index contributed by atoms with van der Waals surface area (Å²) in [5, 5.41) is 11.1. The van der Waals surface area contributed by atoms with Crippen LogP contribution in [0.4, 0.5) is 10.2 Å². The van der Waals surface area contributed by atoms with Crippen LogP contribution in [0.1, 0.15) is 15.9 Å². The van der Waals surface area contributed by atoms with Crippen molar-refractivity contribution in [2.24, 2.45) is 0 Å². The van der Waals surface area contributed by atoms with Crippen molar-refractivity contribution in [3.05, 3.63) is 58.5 Å². The van der Waals surface area contributed by atoms with Crippen molar-refractivity contribution in [2.45, 2.75) is 0 Å². The molecule has 0 aliphatic rings. The van der Waals surface area contributed by atoms with Crippen LogP contribution in [0.25, 0.3) is 0 Å². The number of aromatic nitrogens is 1. The maximum Gasteiger partial charge on any atom is 0.256 e. The Morgan fingerprint density at radius 1 is 1.38 bits per heavy atom. The highest BCUT2D eigenvalue weighted by Crippen LogP contribution is 2.17. The van der Waals surface area contributed by atoms with Crippen LogP contribution in [-0.2, 0) is 0 Å². The zero-order chi connectivity index (χ0) is 15.2. The van der Waals surface area contributed by atoms with Crippen molar-refractivity contribution < 1.29 is 14.3 Å². The van der Waals surface area contributed by atoms with E-state index in [0.717, 1.165) is 6.07 Å². The molecule has 0 aliphatic carbocycles. The van der Waals surface area contributed by atoms with Crippen LogP contribution in [-0.4, -0.2) is 22.6 Å². The van der Waals surface area contributed by atoms with Gasteiger partial charge in [-0.05, 0) is 30.3 Å². The van der Waals surface area contributed by atoms with E-state index in [4.69, 9.17) is 16.7 Å². The summed E-state index contributed by atoms with van der Waals surface area (Å²) in [4.78, 5) is 16.0. The molecular weight excluding hydrogens is 295 g/mol. The van der Waals surface area contributed by atoms with Crippen LogP contribution >= 0.6 is 11.6 Å². The van der Waals surface area contributed by atoms with Gasteiger partial charge in [-0.3, -0.25) is 4.79 Å². The van der Waals surface area contributed by atoms with Crippen molar-refractivity contribution >= 4 is 23.3 Å². The van der Waals surface area contributed by atoms with E-state index < -0.39 is 11.7 Å². The van der Waals surface area contributed by atoms with E-state index in [0.29, 0.717) is 11.4 Å². The van der Waals surface area contributed by atoms with Crippen molar-refractivity contribution in [1.82, 2.24) is 4.98 Å². The number of aliphatic hydroxyl groups is 1. The summed E-state index contributed by atoms with van der Waals surface area (Å²) in [5.74, 6) is 4.44. The summed E-state index contributed by atoms with van der Waals surface area (Å²) in [5.41, 5.74) is 0.821. The summed E-state index contributed by atoms with van der Waals surface area (Å²) in [7, 11) is 0. The number of hydrogen-bond donors (Lipinski definition) is 2. The first-order valence-corrected chi connectivity index (χ1v) is 6.30. The Balaban J connectivity index is 2.17. The lowest BCUT2D eigenvalue weighted by atomic mass is 10.2. The summed E-state index contributed by atoms with van der Waals surface area (Å²) < 4.78 is 13.0. The molecule has 21 heavy (non-hydrogen) atoms. The zero-order valence-electron chi connectivity index (χ0n) is 10.7. The lowest BCUT2D eigenvalue weighted by Gasteiger charge is -2.05. The number of carbonyl (C=O) groups excluding carboxylic acids is 1. The number of amides is 1. The zero-order valence-corrected chi connectivity index (χ0v) is 11.5. The highest BCUT2D eigenvalue weighted by atomic mass is 35.5. The minimum Gasteiger partial charge on any atom is -0.384 e. The lowest BCUT2D eigenvalue weighted by molar-refractivity contribution is 0.102. The largest absolute Gasteiger partial charge is 0.384 e. The molecule has 106 valence electrons. The lowest BCUT2D eigenvalue weighted by Crippen LogP contribution is -2.13. The van der Waals surface area contributed by atoms with E-state index in [1.807, 2.05) is 0 Å². The van der Waals surface area contributed by atoms with Gasteiger partial charge >= 0.3 is 0 Å². The summed E-state index contributed by atoms with van der Waals surface area (Å²) in [6, 6.07) is 6.89. The number of hydrogen-bond acceptors (Lipinski definition) is 3. The number of nitrogens with zero attached hydrogens (tertiary/aromatic N) is 1. The third-order valence-electron chi connectivity index (χ3n) is 2.50. The molecule has 0 saturated carbocycles. The molecule has 0 atom stereocenters. The van der Waals surface area contributed by atoms with E-state index >= 15 is 0 Å². The highest BCUT2D eigenvalue weighted by molar-refractivity contribution is 6.31. The van der Waals surface area contributed by atoms with Crippen molar-refractivity contribution in [2.75, 3.05) is 11.9 Å². The van der Waals surface area contributed by atoms with Gasteiger partial charge in [-0.1, -0.05) is 23.4 Å². The summed E-state index contributed by atoms with van der Waals surface area (Å²) in [6.45, 7) is -0.252. The van der Waals surface area contributed by atoms with Crippen LogP contribution in [0.5, 0.6) is 0 Å². The maximum atomic E-state index is 13.0. The average Bonchev–Trinajstić information content (AvgIpc) is 2.48. The van der Waals surface area contributed by atoms with Crippen LogP contribution in [0.2, 0.25) is 5.02 Å². The van der Waals surface area contributed by atoms with Gasteiger partial charge in [0.15, 0.2) is 0 Å². The van der Waals surface area contributed by atoms with Gasteiger partial charge in [-0.15, -0.1) is 0 Å². The second kappa shape index (κ2) is 6.84. The molecule has 1 amide bonds. The molecule has 0 radical (unpaired) electrons. The molecule has 1 aromatic carbocycles. The molecule has 2 N–H and O–H groups in total. The van der Waals surface area contributed by atoms with Crippen molar-refractivity contribution in [1.29, 1.82) is 0 Å². The normalized spacial score (nSPS) is 9.67. The van der Waals surface area contributed by atoms with Crippen LogP contribution in [0, 0.1) is 17.7 Å². The quantitative estimate of drug-likeness (QED) is 0.838. The number of pyridine rings is 1. The molecule has 1 heterocycles. The van der Waals surface area contributed by atoms with E-state index in [2.05, 4.69) is 22.1 Å². The fourth-order valence-corrected chi connectivity index (χ4v) is 1.72. The SMILES string of the molecule is O=C(Nc1cc(C#CCO)ccn1)c1ccc(F)c(Cl)c1. The minimum atomic E-state index is -0.590. The molecule has 4 nitrogen and oxygen atoms in total. The molecule has 0 fully saturated rings. The van der Waals surface area contributed by atoms with Crippen LogP contribution < -0.4 is 5.32 Å². The number of carbonyl (C=O) groups is 1. The fourth-order valence-electron chi connectivity index (χ4n) is 1.54. The molecule has 0 unspecified atom stereocenters. The molecular formula is C15H10ClFN2O2. The second-order valence-electron chi connectivity index (χ2n) is 3.97. The smallest absolute Gasteiger partial charge is 0.256 e. The topological polar surface area (TPSA) is 62.2 Å². The van der Waals surface area contributed by atoms with Gasteiger partial charge in [0.1, 0.15) is 18.2 Å². The molecule has 0 spiro atoms. The number of aliphatic hydroxyl groups excluding tert-OH is 1. The Morgan fingerprint density at radius 2 is 2.19 bits per heavy atom. The molecule has 0 aliphatic heterocycles. The number of halogens is 2. The van der Waals surface area contributed by atoms with Gasteiger partial charge < -0.3 is 10.4 Å². The summed E-state index contributed by atoms with van der Waals surface area (Å²) >= 11 is 5.63. The van der Waals surface area contributed by atoms with Gasteiger partial charge in [-0.25, -0.2) is 9.37 Å². The molecule has 2 aromatic rings. The number of rotatable bonds is 2. The van der Waals surface area contributed by atoms with Crippen LogP contribution in [0.15, 0.2) is 36.5 Å². The molecule has 6 heteroatoms. The fraction of sp³-hybridized carbons (Fsp3) is 0.0667. The molecule has 0 saturated heterocycles. The third-order valence-corrected chi connectivity index (χ3v) is 2.78. The number of benzene rings is 1. The highest BCUT2D eigenvalue weighted by Gasteiger charge is 2.09. The van der Waals surface area contributed by atoms with E-state index in [9.17, 15) is 9.18 Å². The second-order valence-corrected chi connectivity index (χ2v) is 4.38. The Labute approximate surface area is 125 Å². The van der Waals surface area contributed by atoms with Gasteiger partial charge in [0.25, 0.3) is 5.91 Å². The van der Waals surface area contributed by atoms with Crippen molar-refractivity contribution in [3.8, 4) is 11.8 Å². The Hall–Kier alpha value is -2.42. The van der Waals surface area contributed by atoms with Gasteiger partial charge in [0, 0.05) is 17.3 Å². The van der Waals surface area contributed by atoms with E-state index in [1.54, 1.807) is 12.1 Å². The monoisotopic (exact) mass is 304 g/mol. The van der Waals surface area contributed by atoms with Crippen LogP contribution in [0.3, 0.4) is 0 Å². The van der Waals surface area contributed by atoms with Gasteiger partial charge in [0.2, 0.25) is 0 Å². The number of anilines is 1. The Bertz CT molecular complexity index is 738. The van der Waals surface area contributed by atoms with Gasteiger partial charge in [-0.2, -0.15) is 0 Å². The maximum absolute atomic E-state index is 13.0. The Morgan fingerprint density at radius 3 is 2.90 bits per heavy atom. The first-order valence-electron chi connectivity index (χ1n) is 5.92. The summed E-state index contributed by atoms with van der Waals surface area (Å²) in [6.07, 6.45) is 1.48. The van der Waals surface area contributed by atoms with Gasteiger partial charge in [0.05, 0.1) is 5.02 Å². The molecule has 2 rings (SSSR count). The van der Waals surface area contributed by atoms with Crippen molar-refractivity contribution in [3.63, 3.8) is 0 Å². The number of nitrogens with one attached hydrogen (secondary N) is 1. The predicted octanol–water partition coefficient (Wildman–Crippen LogP) is 2.47. The average molecular weight is 305 g/mol. The van der Waals surface area contributed by atoms with E-state index in [-0.39, 0.29) is 17.2 Å². The Kier molecular flexibility index (Phi) is 4.88. The molecule has 0 bridgehead atoms. The molecule has 1 aromatic heterocycles.